The van der Waals surface area contributed by atoms with Gasteiger partial charge in [0.25, 0.3) is 5.91 Å². The largest absolute Gasteiger partial charge is 0.490 e. The minimum absolute atomic E-state index is 0.111. The van der Waals surface area contributed by atoms with E-state index in [0.717, 1.165) is 13.0 Å². The van der Waals surface area contributed by atoms with Gasteiger partial charge in [-0.15, -0.1) is 0 Å². The van der Waals surface area contributed by atoms with Crippen molar-refractivity contribution in [2.75, 3.05) is 19.8 Å². The van der Waals surface area contributed by atoms with Crippen LogP contribution in [0.15, 0.2) is 36.9 Å². The first-order valence-corrected chi connectivity index (χ1v) is 7.88. The van der Waals surface area contributed by atoms with Crippen LogP contribution in [0.4, 0.5) is 0 Å². The summed E-state index contributed by atoms with van der Waals surface area (Å²) in [6.45, 7) is 6.33. The average Bonchev–Trinajstić information content (AvgIpc) is 3.07. The number of carbonyl (C=O) groups is 1. The van der Waals surface area contributed by atoms with Gasteiger partial charge in [-0.2, -0.15) is 0 Å². The van der Waals surface area contributed by atoms with Gasteiger partial charge in [0.1, 0.15) is 0 Å². The van der Waals surface area contributed by atoms with Crippen LogP contribution in [-0.2, 0) is 6.54 Å². The summed E-state index contributed by atoms with van der Waals surface area (Å²) in [6.07, 6.45) is 6.26. The molecule has 0 saturated heterocycles. The molecule has 1 aromatic carbocycles. The van der Waals surface area contributed by atoms with Gasteiger partial charge in [-0.05, 0) is 38.5 Å². The average molecular weight is 317 g/mol. The van der Waals surface area contributed by atoms with Crippen LogP contribution in [-0.4, -0.2) is 35.2 Å². The van der Waals surface area contributed by atoms with Crippen molar-refractivity contribution >= 4 is 5.91 Å². The smallest absolute Gasteiger partial charge is 0.251 e. The molecular formula is C17H23N3O3. The highest BCUT2D eigenvalue weighted by atomic mass is 16.5. The maximum absolute atomic E-state index is 12.2. The van der Waals surface area contributed by atoms with Crippen LogP contribution in [0.1, 0.15) is 30.6 Å². The number of aromatic nitrogens is 2. The molecular weight excluding hydrogens is 294 g/mol. The van der Waals surface area contributed by atoms with E-state index in [9.17, 15) is 4.79 Å². The predicted octanol–water partition coefficient (Wildman–Crippen LogP) is 2.50. The molecule has 124 valence electrons. The van der Waals surface area contributed by atoms with E-state index < -0.39 is 0 Å². The Labute approximate surface area is 136 Å². The van der Waals surface area contributed by atoms with E-state index in [2.05, 4.69) is 10.3 Å². The monoisotopic (exact) mass is 317 g/mol. The number of hydrogen-bond donors (Lipinski definition) is 1. The van der Waals surface area contributed by atoms with Gasteiger partial charge < -0.3 is 19.4 Å². The number of carbonyl (C=O) groups excluding carboxylic acids is 1. The van der Waals surface area contributed by atoms with Crippen LogP contribution < -0.4 is 14.8 Å². The lowest BCUT2D eigenvalue weighted by atomic mass is 10.2. The molecule has 0 saturated carbocycles. The second-order valence-electron chi connectivity index (χ2n) is 4.94. The second-order valence-corrected chi connectivity index (χ2v) is 4.94. The number of aryl methyl sites for hydroxylation is 1. The van der Waals surface area contributed by atoms with E-state index in [4.69, 9.17) is 9.47 Å². The quantitative estimate of drug-likeness (QED) is 0.722. The van der Waals surface area contributed by atoms with Crippen LogP contribution >= 0.6 is 0 Å². The Kier molecular flexibility index (Phi) is 6.47. The highest BCUT2D eigenvalue weighted by Gasteiger charge is 2.11. The van der Waals surface area contributed by atoms with Gasteiger partial charge in [-0.1, -0.05) is 0 Å². The van der Waals surface area contributed by atoms with Crippen LogP contribution in [0.2, 0.25) is 0 Å². The van der Waals surface area contributed by atoms with Gasteiger partial charge in [0.2, 0.25) is 0 Å². The summed E-state index contributed by atoms with van der Waals surface area (Å²) >= 11 is 0. The van der Waals surface area contributed by atoms with Gasteiger partial charge in [0.05, 0.1) is 19.5 Å². The predicted molar refractivity (Wildman–Crippen MR) is 88.0 cm³/mol. The van der Waals surface area contributed by atoms with Gasteiger partial charge in [-0.3, -0.25) is 4.79 Å². The number of ether oxygens (including phenoxy) is 2. The van der Waals surface area contributed by atoms with Gasteiger partial charge >= 0.3 is 0 Å². The Morgan fingerprint density at radius 3 is 2.70 bits per heavy atom. The highest BCUT2D eigenvalue weighted by molar-refractivity contribution is 5.94. The van der Waals surface area contributed by atoms with Crippen molar-refractivity contribution < 1.29 is 14.3 Å². The van der Waals surface area contributed by atoms with Crippen LogP contribution in [0.25, 0.3) is 0 Å². The third-order valence-corrected chi connectivity index (χ3v) is 3.24. The number of benzene rings is 1. The zero-order valence-electron chi connectivity index (χ0n) is 13.6. The molecule has 0 spiro atoms. The summed E-state index contributed by atoms with van der Waals surface area (Å²) < 4.78 is 13.0. The summed E-state index contributed by atoms with van der Waals surface area (Å²) in [5, 5.41) is 2.91. The standard InChI is InChI=1S/C17H23N3O3/c1-3-22-15-7-6-14(12-16(15)23-4-2)17(21)19-8-5-10-20-11-9-18-13-20/h6-7,9,11-13H,3-5,8,10H2,1-2H3,(H,19,21). The van der Waals surface area contributed by atoms with E-state index in [0.29, 0.717) is 36.8 Å². The SMILES string of the molecule is CCOc1ccc(C(=O)NCCCn2ccnc2)cc1OCC. The Bertz CT molecular complexity index is 612. The third kappa shape index (κ3) is 5.02. The number of hydrogen-bond acceptors (Lipinski definition) is 4. The zero-order valence-corrected chi connectivity index (χ0v) is 13.6. The number of nitrogens with zero attached hydrogens (tertiary/aromatic N) is 2. The summed E-state index contributed by atoms with van der Waals surface area (Å²) in [5.74, 6) is 1.14. The zero-order chi connectivity index (χ0) is 16.5. The van der Waals surface area contributed by atoms with Crippen molar-refractivity contribution in [3.8, 4) is 11.5 Å². The fourth-order valence-electron chi connectivity index (χ4n) is 2.18. The molecule has 1 aromatic heterocycles. The topological polar surface area (TPSA) is 65.4 Å². The first-order chi connectivity index (χ1) is 11.2. The first kappa shape index (κ1) is 16.9. The van der Waals surface area contributed by atoms with Crippen LogP contribution in [0.3, 0.4) is 0 Å². The van der Waals surface area contributed by atoms with E-state index in [-0.39, 0.29) is 5.91 Å². The lowest BCUT2D eigenvalue weighted by Gasteiger charge is -2.12. The van der Waals surface area contributed by atoms with Gasteiger partial charge in [0, 0.05) is 31.0 Å². The van der Waals surface area contributed by atoms with Gasteiger partial charge in [0.15, 0.2) is 11.5 Å². The van der Waals surface area contributed by atoms with Crippen LogP contribution in [0.5, 0.6) is 11.5 Å². The lowest BCUT2D eigenvalue weighted by Crippen LogP contribution is -2.25. The van der Waals surface area contributed by atoms with Crippen LogP contribution in [0, 0.1) is 0 Å². The van der Waals surface area contributed by atoms with Crippen molar-refractivity contribution in [3.05, 3.63) is 42.5 Å². The molecule has 0 aliphatic heterocycles. The molecule has 1 amide bonds. The summed E-state index contributed by atoms with van der Waals surface area (Å²) in [5.41, 5.74) is 0.569. The van der Waals surface area contributed by atoms with Gasteiger partial charge in [-0.25, -0.2) is 4.98 Å². The minimum atomic E-state index is -0.111. The van der Waals surface area contributed by atoms with Crippen molar-refractivity contribution in [1.29, 1.82) is 0 Å². The first-order valence-electron chi connectivity index (χ1n) is 7.88. The second kappa shape index (κ2) is 8.82. The third-order valence-electron chi connectivity index (χ3n) is 3.24. The van der Waals surface area contributed by atoms with Crippen molar-refractivity contribution in [2.24, 2.45) is 0 Å². The van der Waals surface area contributed by atoms with E-state index in [1.165, 1.54) is 0 Å². The Balaban J connectivity index is 1.89. The fraction of sp³-hybridized carbons (Fsp3) is 0.412. The Hall–Kier alpha value is -2.50. The normalized spacial score (nSPS) is 10.3. The lowest BCUT2D eigenvalue weighted by molar-refractivity contribution is 0.0952. The molecule has 0 aliphatic carbocycles. The molecule has 6 heteroatoms. The van der Waals surface area contributed by atoms with Crippen molar-refractivity contribution in [3.63, 3.8) is 0 Å². The Morgan fingerprint density at radius 1 is 1.22 bits per heavy atom. The molecule has 23 heavy (non-hydrogen) atoms. The van der Waals surface area contributed by atoms with E-state index >= 15 is 0 Å². The molecule has 2 aromatic rings. The molecule has 2 rings (SSSR count). The fourth-order valence-corrected chi connectivity index (χ4v) is 2.18. The summed E-state index contributed by atoms with van der Waals surface area (Å²) in [4.78, 5) is 16.2. The molecule has 0 bridgehead atoms. The van der Waals surface area contributed by atoms with Crippen molar-refractivity contribution in [2.45, 2.75) is 26.8 Å². The molecule has 0 radical (unpaired) electrons. The Morgan fingerprint density at radius 2 is 2.00 bits per heavy atom. The van der Waals surface area contributed by atoms with Crippen molar-refractivity contribution in [1.82, 2.24) is 14.9 Å². The number of imidazole rings is 1. The molecule has 0 unspecified atom stereocenters. The maximum Gasteiger partial charge on any atom is 0.251 e. The maximum atomic E-state index is 12.2. The highest BCUT2D eigenvalue weighted by Crippen LogP contribution is 2.28. The number of amides is 1. The summed E-state index contributed by atoms with van der Waals surface area (Å²) in [7, 11) is 0. The summed E-state index contributed by atoms with van der Waals surface area (Å²) in [6, 6.07) is 5.24. The molecule has 0 atom stereocenters. The number of rotatable bonds is 9. The molecule has 1 heterocycles. The molecule has 6 nitrogen and oxygen atoms in total. The molecule has 0 aliphatic rings. The number of nitrogens with one attached hydrogen (secondary N) is 1. The molecule has 1 N–H and O–H groups in total. The van der Waals surface area contributed by atoms with E-state index in [1.807, 2.05) is 24.6 Å². The van der Waals surface area contributed by atoms with E-state index in [1.54, 1.807) is 30.7 Å². The molecule has 0 fully saturated rings. The minimum Gasteiger partial charge on any atom is -0.490 e.